The van der Waals surface area contributed by atoms with Gasteiger partial charge in [-0.3, -0.25) is 4.98 Å². The van der Waals surface area contributed by atoms with Gasteiger partial charge in [-0.25, -0.2) is 0 Å². The molecule has 0 spiro atoms. The molecule has 2 aromatic rings. The van der Waals surface area contributed by atoms with E-state index in [1.807, 2.05) is 0 Å². The summed E-state index contributed by atoms with van der Waals surface area (Å²) in [6, 6.07) is 3.18. The molecule has 2 aromatic heterocycles. The summed E-state index contributed by atoms with van der Waals surface area (Å²) in [6.07, 6.45) is -2.87. The number of hydrogen-bond donors (Lipinski definition) is 1. The van der Waals surface area contributed by atoms with Gasteiger partial charge in [0.05, 0.1) is 18.1 Å². The number of rotatable bonds is 4. The van der Waals surface area contributed by atoms with Gasteiger partial charge in [0.15, 0.2) is 0 Å². The van der Waals surface area contributed by atoms with Gasteiger partial charge < -0.3 is 9.84 Å². The molecular formula is C10H8ClF3N4O. The fourth-order valence-electron chi connectivity index (χ4n) is 1.25. The van der Waals surface area contributed by atoms with E-state index >= 15 is 0 Å². The molecule has 2 rings (SSSR count). The highest BCUT2D eigenvalue weighted by molar-refractivity contribution is 6.30. The van der Waals surface area contributed by atoms with Crippen LogP contribution in [0.4, 0.5) is 13.2 Å². The van der Waals surface area contributed by atoms with Gasteiger partial charge in [-0.05, 0) is 12.1 Å². The van der Waals surface area contributed by atoms with Crippen LogP contribution >= 0.6 is 11.6 Å². The molecule has 0 bridgehead atoms. The molecule has 0 aromatic carbocycles. The van der Waals surface area contributed by atoms with Crippen LogP contribution in [0.2, 0.25) is 5.02 Å². The topological polar surface area (TPSA) is 63.8 Å². The normalized spacial score (nSPS) is 11.8. The van der Waals surface area contributed by atoms with Gasteiger partial charge in [-0.15, -0.1) is 0 Å². The molecule has 1 N–H and O–H groups in total. The Kier molecular flexibility index (Phi) is 4.01. The minimum absolute atomic E-state index is 0.0519. The highest BCUT2D eigenvalue weighted by Crippen LogP contribution is 2.16. The number of pyridine rings is 1. The van der Waals surface area contributed by atoms with E-state index in [9.17, 15) is 13.2 Å². The molecule has 0 aliphatic carbocycles. The first-order valence-corrected chi connectivity index (χ1v) is 5.54. The zero-order valence-corrected chi connectivity index (χ0v) is 10.2. The van der Waals surface area contributed by atoms with E-state index < -0.39 is 12.7 Å². The van der Waals surface area contributed by atoms with Gasteiger partial charge in [-0.2, -0.15) is 18.2 Å². The summed E-state index contributed by atoms with van der Waals surface area (Å²) in [5.41, 5.74) is 0.426. The Morgan fingerprint density at radius 1 is 1.32 bits per heavy atom. The number of alkyl halides is 3. The van der Waals surface area contributed by atoms with Crippen LogP contribution in [-0.2, 0) is 6.54 Å². The number of aromatic nitrogens is 3. The van der Waals surface area contributed by atoms with Gasteiger partial charge in [-0.1, -0.05) is 16.8 Å². The van der Waals surface area contributed by atoms with Gasteiger partial charge in [0, 0.05) is 6.20 Å². The van der Waals surface area contributed by atoms with Gasteiger partial charge in [0.25, 0.3) is 0 Å². The summed E-state index contributed by atoms with van der Waals surface area (Å²) in [5.74, 6) is 0.247. The standard InChI is InChI=1S/C10H8ClF3N4O/c11-6-1-2-7(16-3-6)9-17-8(19-18-9)4-15-5-10(12,13)14/h1-3,15H,4-5H2. The maximum atomic E-state index is 11.9. The lowest BCUT2D eigenvalue weighted by Crippen LogP contribution is -2.28. The summed E-state index contributed by atoms with van der Waals surface area (Å²) in [5, 5.41) is 6.23. The van der Waals surface area contributed by atoms with Crippen molar-refractivity contribution >= 4 is 11.6 Å². The molecule has 102 valence electrons. The van der Waals surface area contributed by atoms with Crippen molar-refractivity contribution < 1.29 is 17.7 Å². The molecule has 2 heterocycles. The Morgan fingerprint density at radius 2 is 2.11 bits per heavy atom. The molecule has 0 amide bonds. The van der Waals surface area contributed by atoms with Gasteiger partial charge in [0.1, 0.15) is 5.69 Å². The lowest BCUT2D eigenvalue weighted by Gasteiger charge is -2.05. The fraction of sp³-hybridized carbons (Fsp3) is 0.300. The molecule has 19 heavy (non-hydrogen) atoms. The zero-order chi connectivity index (χ0) is 13.9. The van der Waals surface area contributed by atoms with Crippen LogP contribution in [0, 0.1) is 0 Å². The number of nitrogens with zero attached hydrogens (tertiary/aromatic N) is 3. The van der Waals surface area contributed by atoms with Crippen LogP contribution in [0.25, 0.3) is 11.5 Å². The Hall–Kier alpha value is -1.67. The number of halogens is 4. The Morgan fingerprint density at radius 3 is 2.74 bits per heavy atom. The second kappa shape index (κ2) is 5.54. The third-order valence-electron chi connectivity index (χ3n) is 2.03. The summed E-state index contributed by atoms with van der Waals surface area (Å²) in [6.45, 7) is -1.29. The van der Waals surface area contributed by atoms with E-state index in [1.165, 1.54) is 6.20 Å². The van der Waals surface area contributed by atoms with Crippen LogP contribution in [0.1, 0.15) is 5.89 Å². The maximum absolute atomic E-state index is 11.9. The van der Waals surface area contributed by atoms with Crippen molar-refractivity contribution in [1.82, 2.24) is 20.4 Å². The van der Waals surface area contributed by atoms with E-state index in [-0.39, 0.29) is 18.3 Å². The van der Waals surface area contributed by atoms with Crippen LogP contribution in [0.3, 0.4) is 0 Å². The average Bonchev–Trinajstić information content (AvgIpc) is 2.77. The molecule has 0 saturated heterocycles. The van der Waals surface area contributed by atoms with E-state index in [0.29, 0.717) is 10.7 Å². The Labute approximate surface area is 110 Å². The minimum Gasteiger partial charge on any atom is -0.337 e. The predicted octanol–water partition coefficient (Wildman–Crippen LogP) is 2.44. The quantitative estimate of drug-likeness (QED) is 0.937. The maximum Gasteiger partial charge on any atom is 0.401 e. The molecule has 0 saturated carbocycles. The Bertz CT molecular complexity index is 540. The van der Waals surface area contributed by atoms with E-state index in [0.717, 1.165) is 0 Å². The first kappa shape index (κ1) is 13.8. The number of nitrogens with one attached hydrogen (secondary N) is 1. The number of hydrogen-bond acceptors (Lipinski definition) is 5. The van der Waals surface area contributed by atoms with E-state index in [4.69, 9.17) is 16.1 Å². The lowest BCUT2D eigenvalue weighted by atomic mass is 10.3. The van der Waals surface area contributed by atoms with Crippen molar-refractivity contribution in [3.8, 4) is 11.5 Å². The summed E-state index contributed by atoms with van der Waals surface area (Å²) in [7, 11) is 0. The average molecular weight is 293 g/mol. The highest BCUT2D eigenvalue weighted by atomic mass is 35.5. The molecule has 0 atom stereocenters. The lowest BCUT2D eigenvalue weighted by molar-refractivity contribution is -0.125. The SMILES string of the molecule is FC(F)(F)CNCc1nc(-c2ccc(Cl)cn2)no1. The first-order valence-electron chi connectivity index (χ1n) is 5.16. The molecule has 9 heteroatoms. The Balaban J connectivity index is 1.97. The molecule has 0 unspecified atom stereocenters. The molecule has 0 radical (unpaired) electrons. The smallest absolute Gasteiger partial charge is 0.337 e. The van der Waals surface area contributed by atoms with Crippen molar-refractivity contribution in [3.05, 3.63) is 29.2 Å². The molecule has 0 aliphatic heterocycles. The van der Waals surface area contributed by atoms with Crippen molar-refractivity contribution in [2.24, 2.45) is 0 Å². The van der Waals surface area contributed by atoms with E-state index in [1.54, 1.807) is 12.1 Å². The third kappa shape index (κ3) is 4.18. The fourth-order valence-corrected chi connectivity index (χ4v) is 1.36. The van der Waals surface area contributed by atoms with Crippen molar-refractivity contribution in [1.29, 1.82) is 0 Å². The van der Waals surface area contributed by atoms with Gasteiger partial charge in [0.2, 0.25) is 11.7 Å². The van der Waals surface area contributed by atoms with Crippen LogP contribution in [0.15, 0.2) is 22.9 Å². The summed E-state index contributed by atoms with van der Waals surface area (Å²) in [4.78, 5) is 7.88. The van der Waals surface area contributed by atoms with Crippen LogP contribution in [0.5, 0.6) is 0 Å². The monoisotopic (exact) mass is 292 g/mol. The largest absolute Gasteiger partial charge is 0.401 e. The molecule has 0 fully saturated rings. The van der Waals surface area contributed by atoms with Crippen LogP contribution in [-0.4, -0.2) is 27.8 Å². The minimum atomic E-state index is -4.28. The van der Waals surface area contributed by atoms with Crippen LogP contribution < -0.4 is 5.32 Å². The van der Waals surface area contributed by atoms with Crippen molar-refractivity contribution in [2.75, 3.05) is 6.54 Å². The third-order valence-corrected chi connectivity index (χ3v) is 2.25. The van der Waals surface area contributed by atoms with Crippen molar-refractivity contribution in [2.45, 2.75) is 12.7 Å². The molecular weight excluding hydrogens is 285 g/mol. The highest BCUT2D eigenvalue weighted by Gasteiger charge is 2.26. The van der Waals surface area contributed by atoms with Gasteiger partial charge >= 0.3 is 6.18 Å². The van der Waals surface area contributed by atoms with Crippen molar-refractivity contribution in [3.63, 3.8) is 0 Å². The second-order valence-corrected chi connectivity index (χ2v) is 4.03. The van der Waals surface area contributed by atoms with E-state index in [2.05, 4.69) is 20.4 Å². The second-order valence-electron chi connectivity index (χ2n) is 3.59. The molecule has 0 aliphatic rings. The summed E-state index contributed by atoms with van der Waals surface area (Å²) < 4.78 is 40.5. The summed E-state index contributed by atoms with van der Waals surface area (Å²) >= 11 is 5.67. The predicted molar refractivity (Wildman–Crippen MR) is 60.3 cm³/mol. The zero-order valence-electron chi connectivity index (χ0n) is 9.41. The molecule has 5 nitrogen and oxygen atoms in total. The first-order chi connectivity index (χ1) is 8.94.